The second-order valence-corrected chi connectivity index (χ2v) is 8.33. The molecule has 0 radical (unpaired) electrons. The first-order valence-electron chi connectivity index (χ1n) is 11.2. The second-order valence-electron chi connectivity index (χ2n) is 6.71. The maximum atomic E-state index is 11.9. The molecule has 35 heavy (non-hydrogen) atoms. The molecule has 0 amide bonds. The van der Waals surface area contributed by atoms with E-state index in [1.165, 1.54) is 12.1 Å². The standard InChI is InChI=1S/C22H36O12S/c23-22(24)20-33-17-16-31-13-12-29-9-8-27-6-7-28-10-11-30-14-15-32-18-19-34-35(25,26)21-4-2-1-3-5-21/h1-5H,6-20H2,(H,23,24). The Morgan fingerprint density at radius 1 is 0.571 bits per heavy atom. The van der Waals surface area contributed by atoms with Crippen molar-refractivity contribution in [2.24, 2.45) is 0 Å². The predicted molar refractivity (Wildman–Crippen MR) is 123 cm³/mol. The molecule has 0 bridgehead atoms. The summed E-state index contributed by atoms with van der Waals surface area (Å²) >= 11 is 0. The molecular formula is C22H36O12S. The lowest BCUT2D eigenvalue weighted by Gasteiger charge is -2.08. The number of hydrogen-bond acceptors (Lipinski definition) is 11. The molecule has 202 valence electrons. The highest BCUT2D eigenvalue weighted by atomic mass is 32.2. The third-order valence-corrected chi connectivity index (χ3v) is 5.28. The van der Waals surface area contributed by atoms with E-state index in [0.29, 0.717) is 72.7 Å². The van der Waals surface area contributed by atoms with E-state index in [9.17, 15) is 13.2 Å². The molecule has 0 unspecified atom stereocenters. The Kier molecular flexibility index (Phi) is 19.3. The van der Waals surface area contributed by atoms with Gasteiger partial charge in [-0.25, -0.2) is 4.79 Å². The summed E-state index contributed by atoms with van der Waals surface area (Å²) in [5.74, 6) is -1.01. The van der Waals surface area contributed by atoms with E-state index < -0.39 is 16.1 Å². The maximum Gasteiger partial charge on any atom is 0.329 e. The summed E-state index contributed by atoms with van der Waals surface area (Å²) in [7, 11) is -3.76. The highest BCUT2D eigenvalue weighted by Crippen LogP contribution is 2.10. The summed E-state index contributed by atoms with van der Waals surface area (Å²) < 4.78 is 65.5. The molecule has 0 heterocycles. The molecule has 0 atom stereocenters. The molecule has 1 aromatic rings. The van der Waals surface area contributed by atoms with Gasteiger partial charge >= 0.3 is 5.97 Å². The van der Waals surface area contributed by atoms with Crippen molar-refractivity contribution in [1.29, 1.82) is 0 Å². The molecule has 0 spiro atoms. The van der Waals surface area contributed by atoms with Crippen LogP contribution in [0.3, 0.4) is 0 Å². The molecule has 0 saturated carbocycles. The van der Waals surface area contributed by atoms with Crippen molar-refractivity contribution in [3.05, 3.63) is 30.3 Å². The van der Waals surface area contributed by atoms with Crippen molar-refractivity contribution in [3.63, 3.8) is 0 Å². The smallest absolute Gasteiger partial charge is 0.329 e. The van der Waals surface area contributed by atoms with Gasteiger partial charge in [0.25, 0.3) is 10.1 Å². The van der Waals surface area contributed by atoms with Crippen LogP contribution < -0.4 is 0 Å². The lowest BCUT2D eigenvalue weighted by Crippen LogP contribution is -2.15. The van der Waals surface area contributed by atoms with Gasteiger partial charge in [-0.1, -0.05) is 18.2 Å². The molecule has 13 heteroatoms. The van der Waals surface area contributed by atoms with E-state index in [2.05, 4.69) is 0 Å². The lowest BCUT2D eigenvalue weighted by molar-refractivity contribution is -0.142. The van der Waals surface area contributed by atoms with Crippen molar-refractivity contribution < 1.29 is 55.7 Å². The van der Waals surface area contributed by atoms with Crippen LogP contribution >= 0.6 is 0 Å². The number of rotatable bonds is 25. The van der Waals surface area contributed by atoms with Gasteiger partial charge < -0.3 is 38.3 Å². The Morgan fingerprint density at radius 2 is 0.914 bits per heavy atom. The third kappa shape index (κ3) is 19.2. The fourth-order valence-electron chi connectivity index (χ4n) is 2.34. The largest absolute Gasteiger partial charge is 0.480 e. The van der Waals surface area contributed by atoms with Crippen molar-refractivity contribution in [2.75, 3.05) is 99.1 Å². The van der Waals surface area contributed by atoms with Crippen LogP contribution in [-0.2, 0) is 52.3 Å². The molecule has 1 N–H and O–H groups in total. The van der Waals surface area contributed by atoms with Gasteiger partial charge in [-0.2, -0.15) is 8.42 Å². The van der Waals surface area contributed by atoms with E-state index in [-0.39, 0.29) is 31.3 Å². The van der Waals surface area contributed by atoms with Crippen molar-refractivity contribution in [3.8, 4) is 0 Å². The maximum absolute atomic E-state index is 11.9. The average molecular weight is 525 g/mol. The highest BCUT2D eigenvalue weighted by Gasteiger charge is 2.13. The van der Waals surface area contributed by atoms with Crippen LogP contribution in [0.5, 0.6) is 0 Å². The summed E-state index contributed by atoms with van der Waals surface area (Å²) in [4.78, 5) is 10.3. The van der Waals surface area contributed by atoms with Crippen molar-refractivity contribution >= 4 is 16.1 Å². The highest BCUT2D eigenvalue weighted by molar-refractivity contribution is 7.86. The fraction of sp³-hybridized carbons (Fsp3) is 0.682. The molecule has 1 rings (SSSR count). The molecule has 1 aromatic carbocycles. The Bertz CT molecular complexity index is 729. The van der Waals surface area contributed by atoms with Gasteiger partial charge in [-0.3, -0.25) is 4.18 Å². The van der Waals surface area contributed by atoms with E-state index in [0.717, 1.165) is 0 Å². The Hall–Kier alpha value is -1.68. The van der Waals surface area contributed by atoms with Crippen LogP contribution in [0.1, 0.15) is 0 Å². The van der Waals surface area contributed by atoms with E-state index in [1.807, 2.05) is 0 Å². The number of carbonyl (C=O) groups is 1. The average Bonchev–Trinajstić information content (AvgIpc) is 2.85. The van der Waals surface area contributed by atoms with Crippen molar-refractivity contribution in [2.45, 2.75) is 4.90 Å². The van der Waals surface area contributed by atoms with Crippen LogP contribution in [0.2, 0.25) is 0 Å². The van der Waals surface area contributed by atoms with Gasteiger partial charge in [0.2, 0.25) is 0 Å². The van der Waals surface area contributed by atoms with E-state index in [4.69, 9.17) is 42.4 Å². The third-order valence-electron chi connectivity index (χ3n) is 3.96. The Labute approximate surface area is 206 Å². The zero-order valence-corrected chi connectivity index (χ0v) is 20.7. The molecule has 0 fully saturated rings. The first-order chi connectivity index (χ1) is 17.0. The van der Waals surface area contributed by atoms with E-state index >= 15 is 0 Å². The topological polar surface area (TPSA) is 145 Å². The Balaban J connectivity index is 1.74. The molecule has 0 aliphatic heterocycles. The summed E-state index contributed by atoms with van der Waals surface area (Å²) in [5, 5.41) is 8.39. The molecule has 12 nitrogen and oxygen atoms in total. The number of ether oxygens (including phenoxy) is 7. The number of benzene rings is 1. The Morgan fingerprint density at radius 3 is 1.29 bits per heavy atom. The minimum absolute atomic E-state index is 0.0647. The second kappa shape index (κ2) is 21.6. The molecule has 0 saturated heterocycles. The molecule has 0 aliphatic carbocycles. The fourth-order valence-corrected chi connectivity index (χ4v) is 3.25. The van der Waals surface area contributed by atoms with E-state index in [1.54, 1.807) is 18.2 Å². The first-order valence-corrected chi connectivity index (χ1v) is 12.6. The van der Waals surface area contributed by atoms with Gasteiger partial charge in [0.15, 0.2) is 0 Å². The lowest BCUT2D eigenvalue weighted by atomic mass is 10.4. The van der Waals surface area contributed by atoms with Gasteiger partial charge in [0.05, 0.1) is 97.4 Å². The number of aliphatic carboxylic acids is 1. The van der Waals surface area contributed by atoms with Crippen LogP contribution in [0.4, 0.5) is 0 Å². The quantitative estimate of drug-likeness (QED) is 0.141. The van der Waals surface area contributed by atoms with Gasteiger partial charge in [0, 0.05) is 0 Å². The number of carboxylic acid groups (broad SMARTS) is 1. The van der Waals surface area contributed by atoms with Crippen LogP contribution in [-0.4, -0.2) is 119 Å². The van der Waals surface area contributed by atoms with Crippen molar-refractivity contribution in [1.82, 2.24) is 0 Å². The van der Waals surface area contributed by atoms with Crippen LogP contribution in [0.15, 0.2) is 35.2 Å². The summed E-state index contributed by atoms with van der Waals surface area (Å²) in [6.07, 6.45) is 0. The van der Waals surface area contributed by atoms with Crippen LogP contribution in [0.25, 0.3) is 0 Å². The minimum atomic E-state index is -3.76. The van der Waals surface area contributed by atoms with Crippen LogP contribution in [0, 0.1) is 0 Å². The summed E-state index contributed by atoms with van der Waals surface area (Å²) in [6.45, 7) is 4.38. The first kappa shape index (κ1) is 31.4. The molecule has 0 aromatic heterocycles. The monoisotopic (exact) mass is 524 g/mol. The van der Waals surface area contributed by atoms with Gasteiger partial charge in [0.1, 0.15) is 6.61 Å². The zero-order chi connectivity index (χ0) is 25.5. The predicted octanol–water partition coefficient (Wildman–Crippen LogP) is 0.593. The summed E-state index contributed by atoms with van der Waals surface area (Å²) in [6, 6.07) is 7.94. The number of hydrogen-bond donors (Lipinski definition) is 1. The number of carboxylic acids is 1. The zero-order valence-electron chi connectivity index (χ0n) is 19.8. The SMILES string of the molecule is O=C(O)COCCOCCOCCOCCOCCOCCOCCOS(=O)(=O)c1ccccc1. The molecular weight excluding hydrogens is 488 g/mol. The minimum Gasteiger partial charge on any atom is -0.480 e. The summed E-state index contributed by atoms with van der Waals surface area (Å²) in [5.41, 5.74) is 0. The molecule has 0 aliphatic rings. The van der Waals surface area contributed by atoms with Gasteiger partial charge in [-0.05, 0) is 12.1 Å². The normalized spacial score (nSPS) is 11.7. The van der Waals surface area contributed by atoms with Gasteiger partial charge in [-0.15, -0.1) is 0 Å².